The van der Waals surface area contributed by atoms with Crippen molar-refractivity contribution in [3.63, 3.8) is 0 Å². The third-order valence-electron chi connectivity index (χ3n) is 3.21. The van der Waals surface area contributed by atoms with E-state index in [1.165, 1.54) is 13.2 Å². The molecule has 2 N–H and O–H groups in total. The summed E-state index contributed by atoms with van der Waals surface area (Å²) in [5, 5.41) is 7.00. The van der Waals surface area contributed by atoms with Crippen molar-refractivity contribution >= 4 is 41.7 Å². The summed E-state index contributed by atoms with van der Waals surface area (Å²) in [6, 6.07) is 4.90. The van der Waals surface area contributed by atoms with Gasteiger partial charge < -0.3 is 15.4 Å². The standard InChI is InChI=1S/C15H24FN3OS.HI/c1-10(21-5)9-18-15(17-3)19-11(2)12-6-7-14(20-4)13(16)8-12;/h6-8,10-11H,9H2,1-5H3,(H2,17,18,19);1H. The van der Waals surface area contributed by atoms with Crippen LogP contribution in [0.4, 0.5) is 4.39 Å². The van der Waals surface area contributed by atoms with Crippen LogP contribution in [-0.2, 0) is 0 Å². The topological polar surface area (TPSA) is 45.7 Å². The lowest BCUT2D eigenvalue weighted by Gasteiger charge is -2.20. The lowest BCUT2D eigenvalue weighted by Crippen LogP contribution is -2.41. The van der Waals surface area contributed by atoms with Crippen LogP contribution < -0.4 is 15.4 Å². The Morgan fingerprint density at radius 3 is 2.59 bits per heavy atom. The van der Waals surface area contributed by atoms with Gasteiger partial charge in [-0.25, -0.2) is 4.39 Å². The van der Waals surface area contributed by atoms with Crippen molar-refractivity contribution in [2.75, 3.05) is 27.0 Å². The molecule has 0 aliphatic heterocycles. The zero-order valence-corrected chi connectivity index (χ0v) is 16.8. The molecule has 1 rings (SSSR count). The minimum Gasteiger partial charge on any atom is -0.494 e. The van der Waals surface area contributed by atoms with Gasteiger partial charge >= 0.3 is 0 Å². The number of benzene rings is 1. The second-order valence-corrected chi connectivity index (χ2v) is 6.04. The third kappa shape index (κ3) is 6.60. The number of hydrogen-bond donors (Lipinski definition) is 2. The number of nitrogens with one attached hydrogen (secondary N) is 2. The molecule has 0 heterocycles. The Balaban J connectivity index is 0.00000441. The maximum Gasteiger partial charge on any atom is 0.191 e. The van der Waals surface area contributed by atoms with E-state index < -0.39 is 0 Å². The number of aliphatic imine (C=N–C) groups is 1. The van der Waals surface area contributed by atoms with Gasteiger partial charge in [0.1, 0.15) is 0 Å². The Bertz CT molecular complexity index is 488. The zero-order chi connectivity index (χ0) is 15.8. The summed E-state index contributed by atoms with van der Waals surface area (Å²) in [6.45, 7) is 4.93. The zero-order valence-electron chi connectivity index (χ0n) is 13.6. The van der Waals surface area contributed by atoms with Crippen LogP contribution in [0.25, 0.3) is 0 Å². The largest absolute Gasteiger partial charge is 0.494 e. The number of nitrogens with zero attached hydrogens (tertiary/aromatic N) is 1. The van der Waals surface area contributed by atoms with E-state index in [4.69, 9.17) is 4.74 Å². The maximum atomic E-state index is 13.7. The van der Waals surface area contributed by atoms with Crippen molar-refractivity contribution in [3.05, 3.63) is 29.6 Å². The Morgan fingerprint density at radius 1 is 1.41 bits per heavy atom. The van der Waals surface area contributed by atoms with Crippen LogP contribution in [0.2, 0.25) is 0 Å². The monoisotopic (exact) mass is 441 g/mol. The second-order valence-electron chi connectivity index (χ2n) is 4.76. The van der Waals surface area contributed by atoms with E-state index in [0.29, 0.717) is 11.2 Å². The first-order valence-corrected chi connectivity index (χ1v) is 8.14. The highest BCUT2D eigenvalue weighted by Gasteiger charge is 2.11. The molecule has 0 bridgehead atoms. The van der Waals surface area contributed by atoms with E-state index in [0.717, 1.165) is 12.1 Å². The molecular formula is C15H25FIN3OS. The molecule has 0 amide bonds. The molecule has 0 saturated carbocycles. The second kappa shape index (κ2) is 10.9. The summed E-state index contributed by atoms with van der Waals surface area (Å²) in [6.07, 6.45) is 2.07. The van der Waals surface area contributed by atoms with E-state index in [-0.39, 0.29) is 41.6 Å². The lowest BCUT2D eigenvalue weighted by molar-refractivity contribution is 0.386. The Hall–Kier alpha value is -0.700. The van der Waals surface area contributed by atoms with Crippen molar-refractivity contribution in [2.24, 2.45) is 4.99 Å². The molecule has 22 heavy (non-hydrogen) atoms. The molecule has 0 aromatic heterocycles. The van der Waals surface area contributed by atoms with Crippen LogP contribution in [0.3, 0.4) is 0 Å². The number of thioether (sulfide) groups is 1. The van der Waals surface area contributed by atoms with Crippen molar-refractivity contribution in [3.8, 4) is 5.75 Å². The molecule has 1 aromatic rings. The molecule has 2 atom stereocenters. The Kier molecular flexibility index (Phi) is 10.6. The Morgan fingerprint density at radius 2 is 2.09 bits per heavy atom. The van der Waals surface area contributed by atoms with Crippen LogP contribution >= 0.6 is 35.7 Å². The van der Waals surface area contributed by atoms with Crippen molar-refractivity contribution in [1.29, 1.82) is 0 Å². The molecule has 0 aliphatic carbocycles. The molecule has 7 heteroatoms. The molecule has 0 saturated heterocycles. The average molecular weight is 441 g/mol. The Labute approximate surface area is 153 Å². The lowest BCUT2D eigenvalue weighted by atomic mass is 10.1. The molecule has 0 radical (unpaired) electrons. The van der Waals surface area contributed by atoms with Gasteiger partial charge in [-0.1, -0.05) is 13.0 Å². The molecule has 0 spiro atoms. The maximum absolute atomic E-state index is 13.7. The summed E-state index contributed by atoms with van der Waals surface area (Å²) in [5.74, 6) is 0.601. The van der Waals surface area contributed by atoms with Crippen LogP contribution in [0.15, 0.2) is 23.2 Å². The molecule has 2 unspecified atom stereocenters. The first-order chi connectivity index (χ1) is 10.0. The molecule has 0 aliphatic rings. The van der Waals surface area contributed by atoms with Crippen molar-refractivity contribution in [2.45, 2.75) is 25.1 Å². The number of ether oxygens (including phenoxy) is 1. The van der Waals surface area contributed by atoms with Gasteiger partial charge in [0.15, 0.2) is 17.5 Å². The van der Waals surface area contributed by atoms with Crippen LogP contribution in [0, 0.1) is 5.82 Å². The number of guanidine groups is 1. The van der Waals surface area contributed by atoms with Gasteiger partial charge in [0, 0.05) is 18.8 Å². The van der Waals surface area contributed by atoms with Gasteiger partial charge in [-0.3, -0.25) is 4.99 Å². The average Bonchev–Trinajstić information content (AvgIpc) is 2.50. The van der Waals surface area contributed by atoms with Gasteiger partial charge in [-0.2, -0.15) is 11.8 Å². The van der Waals surface area contributed by atoms with E-state index in [1.807, 2.05) is 13.0 Å². The molecular weight excluding hydrogens is 416 g/mol. The number of methoxy groups -OCH3 is 1. The normalized spacial score (nSPS) is 13.8. The molecule has 1 aromatic carbocycles. The first-order valence-electron chi connectivity index (χ1n) is 6.85. The predicted octanol–water partition coefficient (Wildman–Crippen LogP) is 3.43. The van der Waals surface area contributed by atoms with E-state index >= 15 is 0 Å². The van der Waals surface area contributed by atoms with Crippen LogP contribution in [-0.4, -0.2) is 38.2 Å². The van der Waals surface area contributed by atoms with Crippen LogP contribution in [0.1, 0.15) is 25.5 Å². The van der Waals surface area contributed by atoms with Gasteiger partial charge in [-0.15, -0.1) is 24.0 Å². The quantitative estimate of drug-likeness (QED) is 0.404. The number of halogens is 2. The van der Waals surface area contributed by atoms with Crippen LogP contribution in [0.5, 0.6) is 5.75 Å². The summed E-state index contributed by atoms with van der Waals surface area (Å²) >= 11 is 1.79. The summed E-state index contributed by atoms with van der Waals surface area (Å²) in [7, 11) is 3.18. The van der Waals surface area contributed by atoms with Gasteiger partial charge in [-0.05, 0) is 30.9 Å². The first kappa shape index (κ1) is 21.3. The highest BCUT2D eigenvalue weighted by Crippen LogP contribution is 2.21. The fraction of sp³-hybridized carbons (Fsp3) is 0.533. The summed E-state index contributed by atoms with van der Waals surface area (Å²) < 4.78 is 18.7. The summed E-state index contributed by atoms with van der Waals surface area (Å²) in [5.41, 5.74) is 0.842. The van der Waals surface area contributed by atoms with Crippen molar-refractivity contribution in [1.82, 2.24) is 10.6 Å². The van der Waals surface area contributed by atoms with E-state index in [1.54, 1.807) is 24.9 Å². The minimum atomic E-state index is -0.359. The van der Waals surface area contributed by atoms with E-state index in [9.17, 15) is 4.39 Å². The minimum absolute atomic E-state index is 0. The van der Waals surface area contributed by atoms with E-state index in [2.05, 4.69) is 28.8 Å². The van der Waals surface area contributed by atoms with Gasteiger partial charge in [0.2, 0.25) is 0 Å². The van der Waals surface area contributed by atoms with Crippen molar-refractivity contribution < 1.29 is 9.13 Å². The van der Waals surface area contributed by atoms with Gasteiger partial charge in [0.25, 0.3) is 0 Å². The molecule has 4 nitrogen and oxygen atoms in total. The molecule has 0 fully saturated rings. The SMILES string of the molecule is CN=C(NCC(C)SC)NC(C)c1ccc(OC)c(F)c1.I. The smallest absolute Gasteiger partial charge is 0.191 e. The predicted molar refractivity (Wildman–Crippen MR) is 104 cm³/mol. The molecule has 126 valence electrons. The fourth-order valence-electron chi connectivity index (χ4n) is 1.76. The van der Waals surface area contributed by atoms with Gasteiger partial charge in [0.05, 0.1) is 13.2 Å². The number of hydrogen-bond acceptors (Lipinski definition) is 3. The fourth-order valence-corrected chi connectivity index (χ4v) is 2.01. The third-order valence-corrected chi connectivity index (χ3v) is 4.18. The summed E-state index contributed by atoms with van der Waals surface area (Å²) in [4.78, 5) is 4.18. The highest BCUT2D eigenvalue weighted by atomic mass is 127. The highest BCUT2D eigenvalue weighted by molar-refractivity contribution is 14.0. The number of rotatable bonds is 6.